The van der Waals surface area contributed by atoms with E-state index < -0.39 is 9.84 Å². The lowest BCUT2D eigenvalue weighted by atomic mass is 10.2. The Morgan fingerprint density at radius 1 is 0.895 bits per heavy atom. The van der Waals surface area contributed by atoms with Gasteiger partial charge in [-0.3, -0.25) is 0 Å². The lowest BCUT2D eigenvalue weighted by molar-refractivity contribution is 0.596. The van der Waals surface area contributed by atoms with Gasteiger partial charge >= 0.3 is 0 Å². The molecular weight excluding hydrogens is 262 g/mol. The summed E-state index contributed by atoms with van der Waals surface area (Å²) < 4.78 is 24.9. The Morgan fingerprint density at radius 3 is 2.05 bits per heavy atom. The van der Waals surface area contributed by atoms with Crippen molar-refractivity contribution < 1.29 is 8.42 Å². The quantitative estimate of drug-likeness (QED) is 0.721. The minimum absolute atomic E-state index is 0.0592. The van der Waals surface area contributed by atoms with E-state index in [1.54, 1.807) is 6.92 Å². The largest absolute Gasteiger partial charge is 0.399 e. The van der Waals surface area contributed by atoms with Crippen molar-refractivity contribution in [3.05, 3.63) is 42.0 Å². The standard InChI is InChI=1S/C13H15N3O2S/c1-8-6-13(12(16)7-11(8)15)19(17,18)10-4-2-9(14)3-5-10/h2-7H,14-16H2,1H3. The van der Waals surface area contributed by atoms with Crippen LogP contribution in [0.2, 0.25) is 0 Å². The molecule has 2 rings (SSSR count). The van der Waals surface area contributed by atoms with Gasteiger partial charge in [-0.05, 0) is 48.9 Å². The second-order valence-electron chi connectivity index (χ2n) is 4.32. The Kier molecular flexibility index (Phi) is 3.11. The zero-order valence-electron chi connectivity index (χ0n) is 10.4. The molecule has 19 heavy (non-hydrogen) atoms. The number of rotatable bonds is 2. The summed E-state index contributed by atoms with van der Waals surface area (Å²) in [4.78, 5) is 0.210. The third-order valence-corrected chi connectivity index (χ3v) is 4.70. The van der Waals surface area contributed by atoms with Crippen molar-refractivity contribution in [2.45, 2.75) is 16.7 Å². The third kappa shape index (κ3) is 2.34. The van der Waals surface area contributed by atoms with Crippen LogP contribution in [0, 0.1) is 6.92 Å². The molecule has 0 aliphatic heterocycles. The number of nitrogen functional groups attached to an aromatic ring is 3. The van der Waals surface area contributed by atoms with E-state index >= 15 is 0 Å². The SMILES string of the molecule is Cc1cc(S(=O)(=O)c2ccc(N)cc2)c(N)cc1N. The Bertz CT molecular complexity index is 722. The number of benzene rings is 2. The summed E-state index contributed by atoms with van der Waals surface area (Å²) >= 11 is 0. The minimum atomic E-state index is -3.66. The van der Waals surface area contributed by atoms with Crippen LogP contribution < -0.4 is 17.2 Å². The van der Waals surface area contributed by atoms with Gasteiger partial charge in [0.2, 0.25) is 9.84 Å². The third-order valence-electron chi connectivity index (χ3n) is 2.88. The molecular formula is C13H15N3O2S. The van der Waals surface area contributed by atoms with Gasteiger partial charge in [0.25, 0.3) is 0 Å². The van der Waals surface area contributed by atoms with E-state index in [2.05, 4.69) is 0 Å². The zero-order valence-corrected chi connectivity index (χ0v) is 11.2. The molecule has 0 saturated heterocycles. The molecule has 0 saturated carbocycles. The first kappa shape index (κ1) is 13.2. The van der Waals surface area contributed by atoms with Crippen molar-refractivity contribution in [3.63, 3.8) is 0 Å². The van der Waals surface area contributed by atoms with Gasteiger partial charge in [-0.1, -0.05) is 0 Å². The summed E-state index contributed by atoms with van der Waals surface area (Å²) in [5.74, 6) is 0. The molecule has 6 heteroatoms. The zero-order chi connectivity index (χ0) is 14.2. The average molecular weight is 277 g/mol. The molecule has 2 aromatic carbocycles. The Morgan fingerprint density at radius 2 is 1.47 bits per heavy atom. The van der Waals surface area contributed by atoms with Crippen molar-refractivity contribution in [1.29, 1.82) is 0 Å². The van der Waals surface area contributed by atoms with Crippen LogP contribution in [0.5, 0.6) is 0 Å². The van der Waals surface area contributed by atoms with Gasteiger partial charge < -0.3 is 17.2 Å². The van der Waals surface area contributed by atoms with E-state index in [4.69, 9.17) is 17.2 Å². The maximum atomic E-state index is 12.5. The van der Waals surface area contributed by atoms with Crippen molar-refractivity contribution in [2.75, 3.05) is 17.2 Å². The monoisotopic (exact) mass is 277 g/mol. The number of hydrogen-bond donors (Lipinski definition) is 3. The van der Waals surface area contributed by atoms with E-state index in [0.717, 1.165) is 0 Å². The van der Waals surface area contributed by atoms with Gasteiger partial charge in [0.1, 0.15) is 0 Å². The average Bonchev–Trinajstić information content (AvgIpc) is 2.34. The van der Waals surface area contributed by atoms with Crippen molar-refractivity contribution in [3.8, 4) is 0 Å². The summed E-state index contributed by atoms with van der Waals surface area (Å²) in [6.45, 7) is 1.73. The fraction of sp³-hybridized carbons (Fsp3) is 0.0769. The minimum Gasteiger partial charge on any atom is -0.399 e. The van der Waals surface area contributed by atoms with E-state index in [9.17, 15) is 8.42 Å². The highest BCUT2D eigenvalue weighted by molar-refractivity contribution is 7.91. The van der Waals surface area contributed by atoms with E-state index in [1.807, 2.05) is 0 Å². The van der Waals surface area contributed by atoms with Crippen LogP contribution in [0.25, 0.3) is 0 Å². The van der Waals surface area contributed by atoms with Gasteiger partial charge in [0.15, 0.2) is 0 Å². The van der Waals surface area contributed by atoms with Crippen molar-refractivity contribution in [1.82, 2.24) is 0 Å². The van der Waals surface area contributed by atoms with Gasteiger partial charge in [-0.15, -0.1) is 0 Å². The van der Waals surface area contributed by atoms with Gasteiger partial charge in [0.05, 0.1) is 15.5 Å². The number of nitrogens with two attached hydrogens (primary N) is 3. The molecule has 0 aliphatic carbocycles. The van der Waals surface area contributed by atoms with Crippen molar-refractivity contribution >= 4 is 26.9 Å². The smallest absolute Gasteiger partial charge is 0.208 e. The van der Waals surface area contributed by atoms with Crippen LogP contribution in [-0.2, 0) is 9.84 Å². The van der Waals surface area contributed by atoms with Gasteiger partial charge in [-0.25, -0.2) is 8.42 Å². The normalized spacial score (nSPS) is 11.4. The topological polar surface area (TPSA) is 112 Å². The summed E-state index contributed by atoms with van der Waals surface area (Å²) in [6, 6.07) is 8.92. The molecule has 0 aromatic heterocycles. The maximum absolute atomic E-state index is 12.5. The van der Waals surface area contributed by atoms with E-state index in [1.165, 1.54) is 36.4 Å². The molecule has 0 bridgehead atoms. The number of sulfone groups is 1. The number of hydrogen-bond acceptors (Lipinski definition) is 5. The lowest BCUT2D eigenvalue weighted by Crippen LogP contribution is -2.07. The molecule has 5 nitrogen and oxygen atoms in total. The fourth-order valence-electron chi connectivity index (χ4n) is 1.72. The second-order valence-corrected chi connectivity index (χ2v) is 6.24. The second kappa shape index (κ2) is 4.47. The predicted molar refractivity (Wildman–Crippen MR) is 76.3 cm³/mol. The Labute approximate surface area is 111 Å². The van der Waals surface area contributed by atoms with Gasteiger partial charge in [0, 0.05) is 11.4 Å². The molecule has 0 radical (unpaired) electrons. The molecule has 0 spiro atoms. The highest BCUT2D eigenvalue weighted by Crippen LogP contribution is 2.29. The molecule has 0 heterocycles. The molecule has 0 atom stereocenters. The number of aryl methyl sites for hydroxylation is 1. The molecule has 0 amide bonds. The van der Waals surface area contributed by atoms with Crippen LogP contribution in [0.4, 0.5) is 17.1 Å². The first-order chi connectivity index (χ1) is 8.82. The Balaban J connectivity index is 2.63. The molecule has 0 unspecified atom stereocenters. The molecule has 100 valence electrons. The molecule has 0 fully saturated rings. The Hall–Kier alpha value is -2.21. The predicted octanol–water partition coefficient (Wildman–Crippen LogP) is 1.57. The summed E-state index contributed by atoms with van der Waals surface area (Å²) in [5.41, 5.74) is 18.8. The number of anilines is 3. The van der Waals surface area contributed by atoms with Crippen LogP contribution in [0.3, 0.4) is 0 Å². The summed E-state index contributed by atoms with van der Waals surface area (Å²) in [7, 11) is -3.66. The van der Waals surface area contributed by atoms with Crippen LogP contribution in [0.1, 0.15) is 5.56 Å². The van der Waals surface area contributed by atoms with Gasteiger partial charge in [-0.2, -0.15) is 0 Å². The van der Waals surface area contributed by atoms with Crippen LogP contribution in [-0.4, -0.2) is 8.42 Å². The first-order valence-electron chi connectivity index (χ1n) is 5.58. The molecule has 2 aromatic rings. The van der Waals surface area contributed by atoms with Crippen LogP contribution >= 0.6 is 0 Å². The summed E-state index contributed by atoms with van der Waals surface area (Å²) in [5, 5.41) is 0. The molecule has 0 aliphatic rings. The fourth-order valence-corrected chi connectivity index (χ4v) is 3.17. The van der Waals surface area contributed by atoms with Crippen LogP contribution in [0.15, 0.2) is 46.2 Å². The summed E-state index contributed by atoms with van der Waals surface area (Å²) in [6.07, 6.45) is 0. The highest BCUT2D eigenvalue weighted by Gasteiger charge is 2.21. The van der Waals surface area contributed by atoms with Crippen molar-refractivity contribution in [2.24, 2.45) is 0 Å². The van der Waals surface area contributed by atoms with E-state index in [-0.39, 0.29) is 15.5 Å². The maximum Gasteiger partial charge on any atom is 0.208 e. The van der Waals surface area contributed by atoms with E-state index in [0.29, 0.717) is 16.9 Å². The first-order valence-corrected chi connectivity index (χ1v) is 7.07. The molecule has 6 N–H and O–H groups in total. The lowest BCUT2D eigenvalue weighted by Gasteiger charge is -2.10. The highest BCUT2D eigenvalue weighted by atomic mass is 32.2.